The van der Waals surface area contributed by atoms with Crippen LogP contribution in [0.15, 0.2) is 33.4 Å². The lowest BCUT2D eigenvalue weighted by molar-refractivity contribution is 0.397. The second-order valence-corrected chi connectivity index (χ2v) is 5.37. The molecule has 5 heteroatoms. The van der Waals surface area contributed by atoms with E-state index in [0.717, 1.165) is 21.4 Å². The van der Waals surface area contributed by atoms with E-state index in [0.29, 0.717) is 11.5 Å². The van der Waals surface area contributed by atoms with Crippen molar-refractivity contribution < 1.29 is 13.9 Å². The minimum Gasteiger partial charge on any atom is -0.496 e. The number of hydrogen-bond acceptors (Lipinski definition) is 3. The number of methoxy groups -OCH3 is 2. The van der Waals surface area contributed by atoms with Gasteiger partial charge >= 0.3 is 0 Å². The zero-order chi connectivity index (χ0) is 14.0. The maximum atomic E-state index is 6.50. The van der Waals surface area contributed by atoms with Gasteiger partial charge in [-0.25, -0.2) is 0 Å². The maximum Gasteiger partial charge on any atom is 0.133 e. The van der Waals surface area contributed by atoms with E-state index in [9.17, 15) is 0 Å². The lowest BCUT2D eigenvalue weighted by Gasteiger charge is -2.15. The van der Waals surface area contributed by atoms with E-state index in [1.165, 1.54) is 0 Å². The smallest absolute Gasteiger partial charge is 0.133 e. The predicted molar refractivity (Wildman–Crippen MR) is 78.4 cm³/mol. The summed E-state index contributed by atoms with van der Waals surface area (Å²) in [7, 11) is 3.23. The molecule has 0 saturated heterocycles. The summed E-state index contributed by atoms with van der Waals surface area (Å²) >= 11 is 9.92. The van der Waals surface area contributed by atoms with Crippen molar-refractivity contribution in [3.05, 3.63) is 45.8 Å². The molecule has 0 amide bonds. The Kier molecular flexibility index (Phi) is 4.42. The molecule has 102 valence electrons. The molecule has 0 spiro atoms. The molecule has 0 aliphatic rings. The molecule has 19 heavy (non-hydrogen) atoms. The number of alkyl halides is 1. The van der Waals surface area contributed by atoms with Crippen LogP contribution in [0.1, 0.15) is 22.3 Å². The van der Waals surface area contributed by atoms with Crippen molar-refractivity contribution in [2.75, 3.05) is 14.2 Å². The fourth-order valence-electron chi connectivity index (χ4n) is 1.86. The summed E-state index contributed by atoms with van der Waals surface area (Å²) < 4.78 is 16.8. The largest absolute Gasteiger partial charge is 0.496 e. The van der Waals surface area contributed by atoms with Crippen molar-refractivity contribution >= 4 is 27.5 Å². The van der Waals surface area contributed by atoms with E-state index in [-0.39, 0.29) is 5.38 Å². The summed E-state index contributed by atoms with van der Waals surface area (Å²) in [6.45, 7) is 1.88. The standard InChI is InChI=1S/C14H14BrClO3/c1-8-4-9(7-19-8)14(16)10-5-13(18-3)11(15)6-12(10)17-2/h4-7,14H,1-3H3. The van der Waals surface area contributed by atoms with E-state index in [2.05, 4.69) is 15.9 Å². The van der Waals surface area contributed by atoms with E-state index in [1.807, 2.05) is 25.1 Å². The molecule has 1 unspecified atom stereocenters. The van der Waals surface area contributed by atoms with Crippen LogP contribution < -0.4 is 9.47 Å². The first-order chi connectivity index (χ1) is 9.06. The first-order valence-corrected chi connectivity index (χ1v) is 6.90. The van der Waals surface area contributed by atoms with Crippen molar-refractivity contribution in [3.63, 3.8) is 0 Å². The van der Waals surface area contributed by atoms with Crippen molar-refractivity contribution in [3.8, 4) is 11.5 Å². The van der Waals surface area contributed by atoms with Crippen LogP contribution in [0.2, 0.25) is 0 Å². The Hall–Kier alpha value is -1.13. The molecule has 0 N–H and O–H groups in total. The Labute approximate surface area is 125 Å². The lowest BCUT2D eigenvalue weighted by Crippen LogP contribution is -1.98. The average Bonchev–Trinajstić information content (AvgIpc) is 2.84. The van der Waals surface area contributed by atoms with Gasteiger partial charge in [0.05, 0.1) is 30.3 Å². The number of hydrogen-bond donors (Lipinski definition) is 0. The molecular formula is C14H14BrClO3. The quantitative estimate of drug-likeness (QED) is 0.753. The summed E-state index contributed by atoms with van der Waals surface area (Å²) in [5.41, 5.74) is 1.73. The van der Waals surface area contributed by atoms with Crippen LogP contribution in [0.3, 0.4) is 0 Å². The molecule has 0 aliphatic carbocycles. The van der Waals surface area contributed by atoms with Gasteiger partial charge in [-0.15, -0.1) is 11.6 Å². The lowest BCUT2D eigenvalue weighted by atomic mass is 10.1. The Morgan fingerprint density at radius 3 is 2.37 bits per heavy atom. The minimum atomic E-state index is -0.352. The fraction of sp³-hybridized carbons (Fsp3) is 0.286. The Bertz CT molecular complexity index is 580. The number of benzene rings is 1. The molecule has 0 aliphatic heterocycles. The highest BCUT2D eigenvalue weighted by molar-refractivity contribution is 9.10. The van der Waals surface area contributed by atoms with E-state index in [4.69, 9.17) is 25.5 Å². The molecule has 0 saturated carbocycles. The van der Waals surface area contributed by atoms with E-state index < -0.39 is 0 Å². The fourth-order valence-corrected chi connectivity index (χ4v) is 2.63. The molecule has 1 atom stereocenters. The third kappa shape index (κ3) is 2.90. The minimum absolute atomic E-state index is 0.352. The molecule has 3 nitrogen and oxygen atoms in total. The first-order valence-electron chi connectivity index (χ1n) is 5.67. The molecule has 0 fully saturated rings. The molecular weight excluding hydrogens is 332 g/mol. The Balaban J connectivity index is 2.48. The predicted octanol–water partition coefficient (Wildman–Crippen LogP) is 4.70. The van der Waals surface area contributed by atoms with Crippen LogP contribution in [0, 0.1) is 6.92 Å². The first kappa shape index (κ1) is 14.3. The topological polar surface area (TPSA) is 31.6 Å². The number of ether oxygens (including phenoxy) is 2. The Morgan fingerprint density at radius 1 is 1.16 bits per heavy atom. The van der Waals surface area contributed by atoms with Gasteiger partial charge in [-0.3, -0.25) is 0 Å². The average molecular weight is 346 g/mol. The summed E-state index contributed by atoms with van der Waals surface area (Å²) in [5.74, 6) is 2.23. The molecule has 2 rings (SSSR count). The van der Waals surface area contributed by atoms with Crippen LogP contribution in [-0.2, 0) is 0 Å². The highest BCUT2D eigenvalue weighted by Gasteiger charge is 2.20. The van der Waals surface area contributed by atoms with Gasteiger partial charge in [-0.2, -0.15) is 0 Å². The van der Waals surface area contributed by atoms with Gasteiger partial charge in [0.2, 0.25) is 0 Å². The third-order valence-corrected chi connectivity index (χ3v) is 3.93. The highest BCUT2D eigenvalue weighted by Crippen LogP contribution is 2.41. The summed E-state index contributed by atoms with van der Waals surface area (Å²) in [6.07, 6.45) is 1.65. The number of halogens is 2. The van der Waals surface area contributed by atoms with Crippen LogP contribution >= 0.6 is 27.5 Å². The van der Waals surface area contributed by atoms with Gasteiger partial charge in [-0.1, -0.05) is 0 Å². The third-order valence-electron chi connectivity index (χ3n) is 2.82. The van der Waals surface area contributed by atoms with Gasteiger partial charge in [0.25, 0.3) is 0 Å². The van der Waals surface area contributed by atoms with Crippen molar-refractivity contribution in [1.29, 1.82) is 0 Å². The van der Waals surface area contributed by atoms with Gasteiger partial charge in [0.1, 0.15) is 17.3 Å². The highest BCUT2D eigenvalue weighted by atomic mass is 79.9. The van der Waals surface area contributed by atoms with Crippen LogP contribution in [-0.4, -0.2) is 14.2 Å². The summed E-state index contributed by atoms with van der Waals surface area (Å²) in [4.78, 5) is 0. The van der Waals surface area contributed by atoms with Crippen LogP contribution in [0.4, 0.5) is 0 Å². The number of rotatable bonds is 4. The maximum absolute atomic E-state index is 6.50. The van der Waals surface area contributed by atoms with Crippen molar-refractivity contribution in [2.45, 2.75) is 12.3 Å². The second-order valence-electron chi connectivity index (χ2n) is 4.08. The zero-order valence-corrected chi connectivity index (χ0v) is 13.2. The zero-order valence-electron chi connectivity index (χ0n) is 10.9. The molecule has 1 heterocycles. The normalized spacial score (nSPS) is 12.3. The van der Waals surface area contributed by atoms with Gasteiger partial charge in [0, 0.05) is 11.1 Å². The van der Waals surface area contributed by atoms with E-state index >= 15 is 0 Å². The molecule has 1 aromatic carbocycles. The van der Waals surface area contributed by atoms with Gasteiger partial charge in [0.15, 0.2) is 0 Å². The summed E-state index contributed by atoms with van der Waals surface area (Å²) in [6, 6.07) is 5.62. The van der Waals surface area contributed by atoms with Crippen molar-refractivity contribution in [1.82, 2.24) is 0 Å². The Morgan fingerprint density at radius 2 is 1.84 bits per heavy atom. The summed E-state index contributed by atoms with van der Waals surface area (Å²) in [5, 5.41) is -0.352. The SMILES string of the molecule is COc1cc(C(Cl)c2coc(C)c2)c(OC)cc1Br. The van der Waals surface area contributed by atoms with Gasteiger partial charge in [-0.05, 0) is 41.1 Å². The molecule has 0 radical (unpaired) electrons. The van der Waals surface area contributed by atoms with Crippen LogP contribution in [0.5, 0.6) is 11.5 Å². The van der Waals surface area contributed by atoms with Crippen LogP contribution in [0.25, 0.3) is 0 Å². The number of aryl methyl sites for hydroxylation is 1. The molecule has 0 bridgehead atoms. The second kappa shape index (κ2) is 5.88. The monoisotopic (exact) mass is 344 g/mol. The van der Waals surface area contributed by atoms with Crippen molar-refractivity contribution in [2.24, 2.45) is 0 Å². The molecule has 1 aromatic heterocycles. The van der Waals surface area contributed by atoms with Gasteiger partial charge < -0.3 is 13.9 Å². The molecule has 2 aromatic rings. The van der Waals surface area contributed by atoms with E-state index in [1.54, 1.807) is 20.5 Å². The number of furan rings is 1.